The van der Waals surface area contributed by atoms with Gasteiger partial charge in [-0.15, -0.1) is 0 Å². The molecule has 0 spiro atoms. The van der Waals surface area contributed by atoms with Crippen molar-refractivity contribution in [3.05, 3.63) is 9.26 Å². The van der Waals surface area contributed by atoms with Gasteiger partial charge in [-0.2, -0.15) is 4.98 Å². The van der Waals surface area contributed by atoms with Gasteiger partial charge in [0.25, 0.3) is 5.95 Å². The number of aliphatic imine (C=N–C) groups is 2. The Bertz CT molecular complexity index is 467. The number of aromatic nitrogens is 2. The van der Waals surface area contributed by atoms with Gasteiger partial charge in [0.15, 0.2) is 5.82 Å². The molecule has 7 heteroatoms. The summed E-state index contributed by atoms with van der Waals surface area (Å²) in [5, 5.41) is 0. The molecule has 0 saturated carbocycles. The van der Waals surface area contributed by atoms with Crippen molar-refractivity contribution in [2.75, 3.05) is 28.2 Å². The summed E-state index contributed by atoms with van der Waals surface area (Å²) in [6, 6.07) is 0. The molecule has 0 unspecified atom stereocenters. The third-order valence-corrected chi connectivity index (χ3v) is 3.07. The van der Waals surface area contributed by atoms with Crippen molar-refractivity contribution in [2.24, 2.45) is 9.98 Å². The van der Waals surface area contributed by atoms with Gasteiger partial charge in [0.1, 0.15) is 0 Å². The van der Waals surface area contributed by atoms with Crippen LogP contribution < -0.4 is 0 Å². The highest BCUT2D eigenvalue weighted by molar-refractivity contribution is 14.1. The van der Waals surface area contributed by atoms with E-state index in [0.717, 1.165) is 9.26 Å². The molecule has 1 aromatic heterocycles. The molecule has 0 N–H and O–H groups in total. The van der Waals surface area contributed by atoms with E-state index in [0.29, 0.717) is 11.8 Å². The largest absolute Gasteiger partial charge is 0.369 e. The van der Waals surface area contributed by atoms with E-state index < -0.39 is 0 Å². The van der Waals surface area contributed by atoms with Crippen LogP contribution in [-0.2, 0) is 0 Å². The number of rotatable bonds is 4. The molecule has 0 fully saturated rings. The van der Waals surface area contributed by atoms with Gasteiger partial charge in [-0.3, -0.25) is 0 Å². The van der Waals surface area contributed by atoms with Crippen molar-refractivity contribution >= 4 is 47.0 Å². The molecule has 0 atom stereocenters. The molecule has 0 aliphatic carbocycles. The van der Waals surface area contributed by atoms with Crippen molar-refractivity contribution in [3.63, 3.8) is 0 Å². The van der Waals surface area contributed by atoms with Gasteiger partial charge in [-0.1, -0.05) is 0 Å². The van der Waals surface area contributed by atoms with E-state index in [1.807, 2.05) is 44.9 Å². The second-order valence-corrected chi connectivity index (χ2v) is 5.24. The average molecular weight is 360 g/mol. The zero-order valence-electron chi connectivity index (χ0n) is 11.2. The fourth-order valence-electron chi connectivity index (χ4n) is 1.01. The minimum Gasteiger partial charge on any atom is -0.369 e. The third kappa shape index (κ3) is 4.55. The Morgan fingerprint density at radius 3 is 2.11 bits per heavy atom. The van der Waals surface area contributed by atoms with Gasteiger partial charge < -0.3 is 9.80 Å². The van der Waals surface area contributed by atoms with Crippen LogP contribution in [0.15, 0.2) is 9.98 Å². The first-order chi connectivity index (χ1) is 8.40. The van der Waals surface area contributed by atoms with Crippen molar-refractivity contribution in [1.82, 2.24) is 19.8 Å². The summed E-state index contributed by atoms with van der Waals surface area (Å²) < 4.78 is 0.939. The quantitative estimate of drug-likeness (QED) is 0.467. The second kappa shape index (κ2) is 6.62. The van der Waals surface area contributed by atoms with Crippen LogP contribution in [0.3, 0.4) is 0 Å². The second-order valence-electron chi connectivity index (χ2n) is 4.16. The van der Waals surface area contributed by atoms with Crippen LogP contribution in [0.2, 0.25) is 0 Å². The summed E-state index contributed by atoms with van der Waals surface area (Å²) in [7, 11) is 7.62. The van der Waals surface area contributed by atoms with Gasteiger partial charge in [0, 0.05) is 28.2 Å². The Balaban J connectivity index is 3.10. The first-order valence-corrected chi connectivity index (χ1v) is 6.43. The van der Waals surface area contributed by atoms with Gasteiger partial charge in [0.05, 0.1) is 21.9 Å². The van der Waals surface area contributed by atoms with Crippen molar-refractivity contribution < 1.29 is 0 Å². The summed E-state index contributed by atoms with van der Waals surface area (Å²) >= 11 is 2.19. The van der Waals surface area contributed by atoms with E-state index in [9.17, 15) is 0 Å². The number of nitrogens with zero attached hydrogens (tertiary/aromatic N) is 6. The molecule has 1 aromatic rings. The predicted octanol–water partition coefficient (Wildman–Crippen LogP) is 1.83. The van der Waals surface area contributed by atoms with E-state index >= 15 is 0 Å². The Morgan fingerprint density at radius 2 is 1.56 bits per heavy atom. The fraction of sp³-hybridized carbons (Fsp3) is 0.455. The molecule has 0 amide bonds. The number of hydrogen-bond acceptors (Lipinski definition) is 4. The normalized spacial score (nSPS) is 11.4. The van der Waals surface area contributed by atoms with Crippen molar-refractivity contribution in [3.8, 4) is 0 Å². The lowest BCUT2D eigenvalue weighted by atomic mass is 10.4. The monoisotopic (exact) mass is 360 g/mol. The van der Waals surface area contributed by atoms with Crippen LogP contribution >= 0.6 is 22.6 Å². The van der Waals surface area contributed by atoms with Crippen LogP contribution in [0.1, 0.15) is 5.69 Å². The van der Waals surface area contributed by atoms with Gasteiger partial charge in [-0.05, 0) is 29.5 Å². The molecular weight excluding hydrogens is 343 g/mol. The lowest BCUT2D eigenvalue weighted by Crippen LogP contribution is -2.08. The molecule has 0 aliphatic heterocycles. The highest BCUT2D eigenvalue weighted by atomic mass is 127. The van der Waals surface area contributed by atoms with E-state index in [4.69, 9.17) is 0 Å². The summed E-state index contributed by atoms with van der Waals surface area (Å²) in [5.41, 5.74) is 0.877. The molecule has 98 valence electrons. The molecule has 0 aromatic carbocycles. The van der Waals surface area contributed by atoms with E-state index in [2.05, 4.69) is 42.5 Å². The number of aryl methyl sites for hydroxylation is 1. The van der Waals surface area contributed by atoms with Gasteiger partial charge >= 0.3 is 0 Å². The average Bonchev–Trinajstić information content (AvgIpc) is 2.28. The summed E-state index contributed by atoms with van der Waals surface area (Å²) in [6.07, 6.45) is 3.38. The maximum absolute atomic E-state index is 4.31. The highest BCUT2D eigenvalue weighted by Gasteiger charge is 2.07. The Labute approximate surface area is 121 Å². The standard InChI is InChI=1S/C11H17IN6/c1-8-9(12)10(13-6-17(2)3)16-11(15-8)14-7-18(4)5/h6-7H,1-5H3/b13-6?,14-7+. The Hall–Kier alpha value is -1.25. The smallest absolute Gasteiger partial charge is 0.253 e. The molecule has 1 heterocycles. The highest BCUT2D eigenvalue weighted by Crippen LogP contribution is 2.23. The Morgan fingerprint density at radius 1 is 1.00 bits per heavy atom. The first kappa shape index (κ1) is 14.8. The van der Waals surface area contributed by atoms with Crippen LogP contribution in [0.5, 0.6) is 0 Å². The molecule has 1 rings (SSSR count). The minimum absolute atomic E-state index is 0.424. The third-order valence-electron chi connectivity index (χ3n) is 1.80. The van der Waals surface area contributed by atoms with Gasteiger partial charge in [-0.25, -0.2) is 15.0 Å². The summed E-state index contributed by atoms with van der Waals surface area (Å²) in [5.74, 6) is 1.07. The Kier molecular flexibility index (Phi) is 5.45. The van der Waals surface area contributed by atoms with Crippen LogP contribution in [0, 0.1) is 10.5 Å². The molecule has 0 radical (unpaired) electrons. The van der Waals surface area contributed by atoms with Crippen LogP contribution in [0.4, 0.5) is 11.8 Å². The first-order valence-electron chi connectivity index (χ1n) is 5.35. The topological polar surface area (TPSA) is 57.0 Å². The summed E-state index contributed by atoms with van der Waals surface area (Å²) in [6.45, 7) is 1.92. The minimum atomic E-state index is 0.424. The zero-order chi connectivity index (χ0) is 13.7. The predicted molar refractivity (Wildman–Crippen MR) is 83.2 cm³/mol. The number of halogens is 1. The summed E-state index contributed by atoms with van der Waals surface area (Å²) in [4.78, 5) is 20.8. The SMILES string of the molecule is Cc1nc(/N=C/N(C)C)nc(N=CN(C)C)c1I. The van der Waals surface area contributed by atoms with E-state index in [1.165, 1.54) is 0 Å². The number of hydrogen-bond donors (Lipinski definition) is 0. The lowest BCUT2D eigenvalue weighted by Gasteiger charge is -2.06. The molecule has 0 aliphatic rings. The fourth-order valence-corrected chi connectivity index (χ4v) is 1.39. The zero-order valence-corrected chi connectivity index (χ0v) is 13.4. The van der Waals surface area contributed by atoms with E-state index in [-0.39, 0.29) is 0 Å². The van der Waals surface area contributed by atoms with E-state index in [1.54, 1.807) is 12.7 Å². The van der Waals surface area contributed by atoms with Gasteiger partial charge in [0.2, 0.25) is 0 Å². The molecule has 18 heavy (non-hydrogen) atoms. The molecule has 6 nitrogen and oxygen atoms in total. The maximum atomic E-state index is 4.31. The van der Waals surface area contributed by atoms with Crippen molar-refractivity contribution in [2.45, 2.75) is 6.92 Å². The molecular formula is C11H17IN6. The maximum Gasteiger partial charge on any atom is 0.253 e. The lowest BCUT2D eigenvalue weighted by molar-refractivity contribution is 0.642. The molecule has 0 bridgehead atoms. The van der Waals surface area contributed by atoms with Crippen LogP contribution in [0.25, 0.3) is 0 Å². The molecule has 0 saturated heterocycles. The van der Waals surface area contributed by atoms with Crippen molar-refractivity contribution in [1.29, 1.82) is 0 Å². The van der Waals surface area contributed by atoms with Crippen LogP contribution in [-0.4, -0.2) is 60.6 Å².